The Hall–Kier alpha value is -0.835. The van der Waals surface area contributed by atoms with Gasteiger partial charge in [0.1, 0.15) is 0 Å². The first kappa shape index (κ1) is 23.2. The number of nitrogens with zero attached hydrogens (tertiary/aromatic N) is 2. The van der Waals surface area contributed by atoms with Gasteiger partial charge in [-0.05, 0) is 19.1 Å². The minimum atomic E-state index is -6.00. The molecule has 150 valence electrons. The van der Waals surface area contributed by atoms with Crippen molar-refractivity contribution < 1.29 is 26.2 Å². The molecular weight excluding hydrogens is 395 g/mol. The van der Waals surface area contributed by atoms with Crippen LogP contribution in [0.4, 0.5) is 23.0 Å². The first-order chi connectivity index (χ1) is 12.1. The highest BCUT2D eigenvalue weighted by atomic mass is 35.5. The third kappa shape index (κ3) is 7.81. The zero-order chi connectivity index (χ0) is 19.8. The minimum Gasteiger partial charge on any atom is -0.418 e. The van der Waals surface area contributed by atoms with Crippen LogP contribution >= 0.6 is 11.6 Å². The Morgan fingerprint density at radius 1 is 1.19 bits per heavy atom. The summed E-state index contributed by atoms with van der Waals surface area (Å²) in [4.78, 5) is 0. The van der Waals surface area contributed by atoms with Crippen molar-refractivity contribution in [1.29, 1.82) is 0 Å². The van der Waals surface area contributed by atoms with E-state index in [0.29, 0.717) is 37.9 Å². The van der Waals surface area contributed by atoms with Crippen molar-refractivity contribution in [2.45, 2.75) is 13.3 Å². The topological polar surface area (TPSA) is 32.8 Å². The van der Waals surface area contributed by atoms with E-state index in [2.05, 4.69) is 11.2 Å². The number of ether oxygens (including phenoxy) is 1. The zero-order valence-electron chi connectivity index (χ0n) is 14.8. The Kier molecular flexibility index (Phi) is 9.36. The Bertz CT molecular complexity index is 580. The predicted octanol–water partition coefficient (Wildman–Crippen LogP) is 4.02. The van der Waals surface area contributed by atoms with Crippen LogP contribution in [-0.2, 0) is 19.3 Å². The first-order valence-corrected chi connectivity index (χ1v) is 10.3. The van der Waals surface area contributed by atoms with E-state index in [1.807, 2.05) is 35.6 Å². The van der Waals surface area contributed by atoms with Crippen LogP contribution in [0.5, 0.6) is 0 Å². The lowest BCUT2D eigenvalue weighted by molar-refractivity contribution is 0.0735. The molecule has 1 saturated heterocycles. The second-order valence-electron chi connectivity index (χ2n) is 5.72. The summed E-state index contributed by atoms with van der Waals surface area (Å²) in [5, 5.41) is 0. The van der Waals surface area contributed by atoms with Crippen molar-refractivity contribution in [1.82, 2.24) is 4.31 Å². The number of alkyl halides is 1. The van der Waals surface area contributed by atoms with E-state index in [4.69, 9.17) is 16.3 Å². The molecular formula is C15H24BClF4N2O2S. The molecule has 0 aromatic heterocycles. The molecule has 1 fully saturated rings. The maximum Gasteiger partial charge on any atom is 0.673 e. The van der Waals surface area contributed by atoms with Gasteiger partial charge in [0.05, 0.1) is 39.0 Å². The van der Waals surface area contributed by atoms with Gasteiger partial charge in [-0.25, -0.2) is 0 Å². The van der Waals surface area contributed by atoms with Crippen molar-refractivity contribution >= 4 is 34.8 Å². The van der Waals surface area contributed by atoms with Crippen molar-refractivity contribution in [3.63, 3.8) is 0 Å². The van der Waals surface area contributed by atoms with Gasteiger partial charge >= 0.3 is 7.25 Å². The summed E-state index contributed by atoms with van der Waals surface area (Å²) in [7, 11) is -6.38. The highest BCUT2D eigenvalue weighted by Gasteiger charge is 2.42. The van der Waals surface area contributed by atoms with Crippen LogP contribution in [0.15, 0.2) is 24.3 Å². The van der Waals surface area contributed by atoms with Gasteiger partial charge in [-0.15, -0.1) is 11.6 Å². The number of benzene rings is 1. The van der Waals surface area contributed by atoms with Crippen molar-refractivity contribution in [3.8, 4) is 0 Å². The predicted molar refractivity (Wildman–Crippen MR) is 100 cm³/mol. The summed E-state index contributed by atoms with van der Waals surface area (Å²) < 4.78 is 62.0. The van der Waals surface area contributed by atoms with Gasteiger partial charge in [0.2, 0.25) is 0 Å². The Labute approximate surface area is 158 Å². The van der Waals surface area contributed by atoms with Gasteiger partial charge < -0.3 is 22.0 Å². The van der Waals surface area contributed by atoms with Crippen LogP contribution in [0.25, 0.3) is 0 Å². The lowest BCUT2D eigenvalue weighted by Gasteiger charge is -2.33. The third-order valence-electron chi connectivity index (χ3n) is 3.74. The molecule has 0 aliphatic carbocycles. The molecule has 0 amide bonds. The van der Waals surface area contributed by atoms with Gasteiger partial charge in [0.25, 0.3) is 10.3 Å². The summed E-state index contributed by atoms with van der Waals surface area (Å²) in [6, 6.07) is 8.14. The second-order valence-corrected chi connectivity index (χ2v) is 8.79. The smallest absolute Gasteiger partial charge is 0.418 e. The average Bonchev–Trinajstić information content (AvgIpc) is 2.59. The van der Waals surface area contributed by atoms with E-state index in [-0.39, 0.29) is 0 Å². The van der Waals surface area contributed by atoms with E-state index in [9.17, 15) is 21.5 Å². The fraction of sp³-hybridized carbons (Fsp3) is 0.600. The number of anilines is 1. The monoisotopic (exact) mass is 418 g/mol. The number of halogens is 5. The number of hydrogen-bond donors (Lipinski definition) is 0. The lowest BCUT2D eigenvalue weighted by Crippen LogP contribution is -2.53. The molecule has 2 rings (SSSR count). The molecule has 0 N–H and O–H groups in total. The Balaban J connectivity index is 0.000000597. The van der Waals surface area contributed by atoms with Crippen LogP contribution in [0, 0.1) is 6.92 Å². The molecule has 1 heterocycles. The first-order valence-electron chi connectivity index (χ1n) is 8.16. The number of morpholine rings is 1. The summed E-state index contributed by atoms with van der Waals surface area (Å²) in [6.07, 6.45) is 0.744. The molecule has 0 bridgehead atoms. The highest BCUT2D eigenvalue weighted by Crippen LogP contribution is 2.26. The normalized spacial score (nSPS) is 17.8. The third-order valence-corrected chi connectivity index (χ3v) is 7.07. The summed E-state index contributed by atoms with van der Waals surface area (Å²) in [5.74, 6) is 1.12. The van der Waals surface area contributed by atoms with E-state index in [1.54, 1.807) is 0 Å². The Morgan fingerprint density at radius 3 is 2.15 bits per heavy atom. The summed E-state index contributed by atoms with van der Waals surface area (Å²) in [6.45, 7) is 4.74. The van der Waals surface area contributed by atoms with Gasteiger partial charge in [-0.2, -0.15) is 4.31 Å². The Morgan fingerprint density at radius 2 is 1.69 bits per heavy atom. The van der Waals surface area contributed by atoms with Gasteiger partial charge in [0.15, 0.2) is 5.75 Å². The molecule has 11 heteroatoms. The average molecular weight is 419 g/mol. The summed E-state index contributed by atoms with van der Waals surface area (Å²) >= 11 is 5.83. The van der Waals surface area contributed by atoms with Crippen LogP contribution in [-0.4, -0.2) is 56.5 Å². The number of rotatable bonds is 6. The molecule has 1 atom stereocenters. The molecule has 1 aliphatic heterocycles. The molecule has 0 radical (unpaired) electrons. The summed E-state index contributed by atoms with van der Waals surface area (Å²) in [5.41, 5.74) is 2.18. The van der Waals surface area contributed by atoms with Gasteiger partial charge in [-0.3, -0.25) is 0 Å². The number of aryl methyl sites for hydroxylation is 1. The van der Waals surface area contributed by atoms with Gasteiger partial charge in [-0.1, -0.05) is 26.2 Å². The van der Waals surface area contributed by atoms with Crippen molar-refractivity contribution in [2.24, 2.45) is 0 Å². The molecule has 0 saturated carbocycles. The molecule has 0 spiro atoms. The van der Waals surface area contributed by atoms with E-state index < -0.39 is 17.6 Å². The van der Waals surface area contributed by atoms with Crippen LogP contribution in [0.3, 0.4) is 0 Å². The standard InChI is InChI=1S/C15H24ClN2O2S.BF4/c1-14-4-6-15(7-5-14)17(2)21(19,13-3-8-16)18-9-11-20-12-10-18;2-1(3,4)5/h4-7H,3,8-13H2,1-2H3;/q+1;-1. The molecule has 1 aliphatic rings. The fourth-order valence-electron chi connectivity index (χ4n) is 2.43. The van der Waals surface area contributed by atoms with E-state index in [0.717, 1.165) is 12.1 Å². The molecule has 1 aromatic rings. The molecule has 1 unspecified atom stereocenters. The van der Waals surface area contributed by atoms with Crippen molar-refractivity contribution in [2.75, 3.05) is 49.3 Å². The lowest BCUT2D eigenvalue weighted by atomic mass is 10.2. The minimum absolute atomic E-state index is 0.531. The van der Waals surface area contributed by atoms with Crippen LogP contribution in [0.1, 0.15) is 12.0 Å². The van der Waals surface area contributed by atoms with Crippen LogP contribution in [0.2, 0.25) is 0 Å². The molecule has 26 heavy (non-hydrogen) atoms. The largest absolute Gasteiger partial charge is 0.673 e. The van der Waals surface area contributed by atoms with Crippen LogP contribution < -0.4 is 4.31 Å². The molecule has 1 aromatic carbocycles. The van der Waals surface area contributed by atoms with E-state index in [1.165, 1.54) is 5.56 Å². The zero-order valence-corrected chi connectivity index (χ0v) is 16.4. The maximum atomic E-state index is 13.6. The molecule has 4 nitrogen and oxygen atoms in total. The number of hydrogen-bond acceptors (Lipinski definition) is 2. The SMILES string of the molecule is Cc1ccc(N(C)[S+](=O)(CCCCl)N2CCOCC2)cc1.F[B-](F)(F)F. The second kappa shape index (κ2) is 10.5. The maximum absolute atomic E-state index is 13.6. The highest BCUT2D eigenvalue weighted by molar-refractivity contribution is 8.02. The quantitative estimate of drug-likeness (QED) is 0.302. The van der Waals surface area contributed by atoms with Crippen molar-refractivity contribution in [3.05, 3.63) is 29.8 Å². The van der Waals surface area contributed by atoms with Gasteiger partial charge in [0, 0.05) is 12.3 Å². The van der Waals surface area contributed by atoms with E-state index >= 15 is 0 Å². The fourth-order valence-corrected chi connectivity index (χ4v) is 5.29.